The number of phenolic OH excluding ortho intramolecular Hbond substituents is 1. The van der Waals surface area contributed by atoms with Gasteiger partial charge in [0.05, 0.1) is 5.56 Å². The zero-order valence-corrected chi connectivity index (χ0v) is 22.2. The molecule has 0 atom stereocenters. The molecule has 0 aliphatic rings. The minimum atomic E-state index is -0.0395. The highest BCUT2D eigenvalue weighted by Gasteiger charge is 2.21. The lowest BCUT2D eigenvalue weighted by molar-refractivity contribution is 0.0965. The van der Waals surface area contributed by atoms with Crippen molar-refractivity contribution >= 4 is 27.3 Å². The fourth-order valence-electron chi connectivity index (χ4n) is 5.48. The van der Waals surface area contributed by atoms with Crippen molar-refractivity contribution in [3.8, 4) is 39.1 Å². The maximum atomic E-state index is 13.4. The number of phenols is 1. The first-order chi connectivity index (χ1) is 19.0. The third kappa shape index (κ3) is 4.70. The van der Waals surface area contributed by atoms with Crippen molar-refractivity contribution in [2.45, 2.75) is 20.3 Å². The van der Waals surface area contributed by atoms with E-state index in [0.29, 0.717) is 17.5 Å². The van der Waals surface area contributed by atoms with E-state index in [4.69, 9.17) is 0 Å². The van der Waals surface area contributed by atoms with E-state index in [1.54, 1.807) is 0 Å². The summed E-state index contributed by atoms with van der Waals surface area (Å²) in [7, 11) is 0. The van der Waals surface area contributed by atoms with Crippen LogP contribution in [-0.2, 0) is 0 Å². The van der Waals surface area contributed by atoms with Gasteiger partial charge in [0, 0.05) is 12.0 Å². The highest BCUT2D eigenvalue weighted by Crippen LogP contribution is 2.44. The second-order valence-electron chi connectivity index (χ2n) is 10.6. The van der Waals surface area contributed by atoms with E-state index < -0.39 is 0 Å². The Morgan fingerprint density at radius 2 is 1.21 bits per heavy atom. The van der Waals surface area contributed by atoms with Gasteiger partial charge in [0.1, 0.15) is 5.75 Å². The molecule has 0 radical (unpaired) electrons. The van der Waals surface area contributed by atoms with Crippen LogP contribution in [0.4, 0.5) is 0 Å². The number of aromatic hydroxyl groups is 1. The average molecular weight is 507 g/mol. The van der Waals surface area contributed by atoms with Gasteiger partial charge < -0.3 is 5.11 Å². The summed E-state index contributed by atoms with van der Waals surface area (Å²) in [4.78, 5) is 13.4. The minimum absolute atomic E-state index is 0.0395. The van der Waals surface area contributed by atoms with Gasteiger partial charge in [-0.25, -0.2) is 0 Å². The Labute approximate surface area is 229 Å². The van der Waals surface area contributed by atoms with Crippen molar-refractivity contribution < 1.29 is 9.90 Å². The number of benzene rings is 6. The van der Waals surface area contributed by atoms with Crippen LogP contribution in [0, 0.1) is 5.92 Å². The first-order valence-corrected chi connectivity index (χ1v) is 13.5. The van der Waals surface area contributed by atoms with Crippen LogP contribution < -0.4 is 0 Å². The van der Waals surface area contributed by atoms with E-state index in [1.165, 1.54) is 0 Å². The van der Waals surface area contributed by atoms with Crippen LogP contribution in [0.1, 0.15) is 30.6 Å². The standard InChI is InChI=1S/C37H30O2/c1-24(2)20-35(38)34-23-30-22-28(26-12-7-4-8-13-26)17-19-32(30)36(37(34)39)33-15-9-14-29-21-27(16-18-31(29)33)25-10-5-3-6-11-25/h3-19,21-24,39H,20H2,1-2H3. The molecule has 0 amide bonds. The number of ketones is 1. The molecule has 0 aromatic heterocycles. The molecule has 1 N–H and O–H groups in total. The highest BCUT2D eigenvalue weighted by molar-refractivity contribution is 6.13. The minimum Gasteiger partial charge on any atom is -0.507 e. The lowest BCUT2D eigenvalue weighted by atomic mass is 9.87. The lowest BCUT2D eigenvalue weighted by Crippen LogP contribution is -2.05. The predicted molar refractivity (Wildman–Crippen MR) is 163 cm³/mol. The topological polar surface area (TPSA) is 37.3 Å². The molecule has 0 heterocycles. The van der Waals surface area contributed by atoms with Crippen LogP contribution in [0.5, 0.6) is 5.75 Å². The van der Waals surface area contributed by atoms with Gasteiger partial charge in [-0.05, 0) is 73.5 Å². The Morgan fingerprint density at radius 3 is 1.82 bits per heavy atom. The Bertz CT molecular complexity index is 1820. The average Bonchev–Trinajstić information content (AvgIpc) is 2.96. The summed E-state index contributed by atoms with van der Waals surface area (Å²) >= 11 is 0. The van der Waals surface area contributed by atoms with Crippen molar-refractivity contribution in [2.24, 2.45) is 5.92 Å². The molecule has 0 saturated heterocycles. The highest BCUT2D eigenvalue weighted by atomic mass is 16.3. The molecule has 0 aliphatic heterocycles. The van der Waals surface area contributed by atoms with Crippen molar-refractivity contribution in [3.05, 3.63) is 127 Å². The number of carbonyl (C=O) groups is 1. The van der Waals surface area contributed by atoms with Gasteiger partial charge in [0.25, 0.3) is 0 Å². The third-order valence-corrected chi connectivity index (χ3v) is 7.37. The zero-order valence-electron chi connectivity index (χ0n) is 22.2. The molecule has 39 heavy (non-hydrogen) atoms. The van der Waals surface area contributed by atoms with Crippen molar-refractivity contribution in [1.82, 2.24) is 0 Å². The summed E-state index contributed by atoms with van der Waals surface area (Å²) in [6.07, 6.45) is 0.382. The number of hydrogen-bond acceptors (Lipinski definition) is 2. The van der Waals surface area contributed by atoms with Crippen LogP contribution in [0.3, 0.4) is 0 Å². The number of rotatable bonds is 6. The Hall–Kier alpha value is -4.69. The molecule has 190 valence electrons. The van der Waals surface area contributed by atoms with E-state index in [0.717, 1.165) is 49.4 Å². The van der Waals surface area contributed by atoms with Crippen molar-refractivity contribution in [1.29, 1.82) is 0 Å². The van der Waals surface area contributed by atoms with Gasteiger partial charge in [0.15, 0.2) is 5.78 Å². The Kier molecular flexibility index (Phi) is 6.46. The summed E-state index contributed by atoms with van der Waals surface area (Å²) in [6, 6.07) is 41.3. The van der Waals surface area contributed by atoms with Crippen LogP contribution in [0.2, 0.25) is 0 Å². The SMILES string of the molecule is CC(C)CC(=O)c1cc2cc(-c3ccccc3)ccc2c(-c2cccc3cc(-c4ccccc4)ccc23)c1O. The van der Waals surface area contributed by atoms with E-state index in [1.807, 2.05) is 68.4 Å². The number of Topliss-reactive ketones (excluding diaryl/α,β-unsaturated/α-hetero) is 1. The molecule has 6 aromatic carbocycles. The monoisotopic (exact) mass is 506 g/mol. The molecule has 6 rings (SSSR count). The largest absolute Gasteiger partial charge is 0.507 e. The quantitative estimate of drug-likeness (QED) is 0.228. The number of hydrogen-bond donors (Lipinski definition) is 1. The van der Waals surface area contributed by atoms with Gasteiger partial charge in [-0.1, -0.05) is 117 Å². The fourth-order valence-corrected chi connectivity index (χ4v) is 5.48. The van der Waals surface area contributed by atoms with Gasteiger partial charge >= 0.3 is 0 Å². The first-order valence-electron chi connectivity index (χ1n) is 13.5. The van der Waals surface area contributed by atoms with E-state index in [9.17, 15) is 9.90 Å². The smallest absolute Gasteiger partial charge is 0.166 e. The Balaban J connectivity index is 1.60. The molecular formula is C37H30O2. The maximum absolute atomic E-state index is 13.4. The van der Waals surface area contributed by atoms with E-state index >= 15 is 0 Å². The molecule has 0 saturated carbocycles. The predicted octanol–water partition coefficient (Wildman–Crippen LogP) is 9.93. The lowest BCUT2D eigenvalue weighted by Gasteiger charge is -2.17. The molecule has 0 fully saturated rings. The molecule has 0 aliphatic carbocycles. The van der Waals surface area contributed by atoms with Gasteiger partial charge in [-0.2, -0.15) is 0 Å². The second kappa shape index (κ2) is 10.2. The normalized spacial score (nSPS) is 11.4. The van der Waals surface area contributed by atoms with Crippen LogP contribution in [0.15, 0.2) is 121 Å². The molecule has 0 bridgehead atoms. The molecule has 0 spiro atoms. The first kappa shape index (κ1) is 24.6. The van der Waals surface area contributed by atoms with E-state index in [2.05, 4.69) is 66.7 Å². The van der Waals surface area contributed by atoms with Gasteiger partial charge in [-0.15, -0.1) is 0 Å². The molecular weight excluding hydrogens is 476 g/mol. The second-order valence-corrected chi connectivity index (χ2v) is 10.6. The molecule has 2 heteroatoms. The maximum Gasteiger partial charge on any atom is 0.166 e. The number of carbonyl (C=O) groups excluding carboxylic acids is 1. The number of fused-ring (bicyclic) bond motifs is 2. The molecule has 6 aromatic rings. The van der Waals surface area contributed by atoms with Crippen LogP contribution in [0.25, 0.3) is 54.9 Å². The summed E-state index contributed by atoms with van der Waals surface area (Å²) in [5.41, 5.74) is 6.50. The van der Waals surface area contributed by atoms with Crippen LogP contribution >= 0.6 is 0 Å². The van der Waals surface area contributed by atoms with Gasteiger partial charge in [0.2, 0.25) is 0 Å². The summed E-state index contributed by atoms with van der Waals surface area (Å²) < 4.78 is 0. The third-order valence-electron chi connectivity index (χ3n) is 7.37. The van der Waals surface area contributed by atoms with Crippen molar-refractivity contribution in [3.63, 3.8) is 0 Å². The zero-order chi connectivity index (χ0) is 26.9. The molecule has 2 nitrogen and oxygen atoms in total. The summed E-state index contributed by atoms with van der Waals surface area (Å²) in [6.45, 7) is 4.05. The molecule has 0 unspecified atom stereocenters. The fraction of sp³-hybridized carbons (Fsp3) is 0.108. The summed E-state index contributed by atoms with van der Waals surface area (Å²) in [5.74, 6) is 0.211. The summed E-state index contributed by atoms with van der Waals surface area (Å²) in [5, 5.41) is 15.7. The van der Waals surface area contributed by atoms with Crippen LogP contribution in [-0.4, -0.2) is 10.9 Å². The van der Waals surface area contributed by atoms with Gasteiger partial charge in [-0.3, -0.25) is 4.79 Å². The van der Waals surface area contributed by atoms with E-state index in [-0.39, 0.29) is 17.5 Å². The van der Waals surface area contributed by atoms with Crippen molar-refractivity contribution in [2.75, 3.05) is 0 Å². The Morgan fingerprint density at radius 1 is 0.615 bits per heavy atom.